The molecule has 2 nitrogen and oxygen atoms in total. The molecule has 0 amide bonds. The Bertz CT molecular complexity index is 350. The van der Waals surface area contributed by atoms with Gasteiger partial charge in [0.1, 0.15) is 0 Å². The number of benzene rings is 1. The first kappa shape index (κ1) is 16.0. The molecule has 1 rings (SSSR count). The van der Waals surface area contributed by atoms with Crippen LogP contribution in [0, 0.1) is 11.8 Å². The summed E-state index contributed by atoms with van der Waals surface area (Å²) in [5.74, 6) is 1.43. The molecule has 0 atom stereocenters. The lowest BCUT2D eigenvalue weighted by Crippen LogP contribution is -2.24. The van der Waals surface area contributed by atoms with Gasteiger partial charge in [-0.15, -0.1) is 0 Å². The summed E-state index contributed by atoms with van der Waals surface area (Å²) in [6.45, 7) is 9.82. The Morgan fingerprint density at radius 3 is 2.11 bits per heavy atom. The van der Waals surface area contributed by atoms with Crippen molar-refractivity contribution in [2.45, 2.75) is 53.2 Å². The van der Waals surface area contributed by atoms with E-state index in [1.54, 1.807) is 7.11 Å². The third-order valence-corrected chi connectivity index (χ3v) is 3.19. The molecule has 0 radical (unpaired) electrons. The first-order valence-electron chi connectivity index (χ1n) is 7.36. The molecule has 0 aliphatic rings. The molecule has 2 heteroatoms. The molecule has 19 heavy (non-hydrogen) atoms. The maximum atomic E-state index is 5.27. The topological polar surface area (TPSA) is 21.3 Å². The van der Waals surface area contributed by atoms with Crippen LogP contribution in [0.4, 0.5) is 5.69 Å². The molecular formula is C17H29NO. The quantitative estimate of drug-likeness (QED) is 0.733. The summed E-state index contributed by atoms with van der Waals surface area (Å²) in [5.41, 5.74) is 2.46. The van der Waals surface area contributed by atoms with Gasteiger partial charge in [0.2, 0.25) is 0 Å². The molecule has 0 bridgehead atoms. The molecule has 0 saturated heterocycles. The molecule has 0 aliphatic carbocycles. The summed E-state index contributed by atoms with van der Waals surface area (Å²) < 4.78 is 5.27. The highest BCUT2D eigenvalue weighted by Crippen LogP contribution is 2.22. The zero-order valence-corrected chi connectivity index (χ0v) is 13.1. The van der Waals surface area contributed by atoms with Gasteiger partial charge >= 0.3 is 0 Å². The van der Waals surface area contributed by atoms with Crippen LogP contribution < -0.4 is 5.32 Å². The van der Waals surface area contributed by atoms with Crippen molar-refractivity contribution in [2.24, 2.45) is 11.8 Å². The average molecular weight is 263 g/mol. The van der Waals surface area contributed by atoms with E-state index in [9.17, 15) is 0 Å². The van der Waals surface area contributed by atoms with Gasteiger partial charge in [-0.1, -0.05) is 45.9 Å². The summed E-state index contributed by atoms with van der Waals surface area (Å²) in [6.07, 6.45) is 2.42. The number of methoxy groups -OCH3 is 1. The molecule has 0 fully saturated rings. The van der Waals surface area contributed by atoms with E-state index < -0.39 is 0 Å². The Morgan fingerprint density at radius 1 is 1.00 bits per heavy atom. The minimum atomic E-state index is 0.540. The van der Waals surface area contributed by atoms with Crippen LogP contribution in [0.2, 0.25) is 0 Å². The number of nitrogens with one attached hydrogen (secondary N) is 1. The lowest BCUT2D eigenvalue weighted by atomic mass is 9.95. The molecule has 0 unspecified atom stereocenters. The number of hydrogen-bond donors (Lipinski definition) is 1. The summed E-state index contributed by atoms with van der Waals surface area (Å²) in [4.78, 5) is 0. The van der Waals surface area contributed by atoms with E-state index in [2.05, 4.69) is 57.3 Å². The monoisotopic (exact) mass is 263 g/mol. The number of anilines is 1. The van der Waals surface area contributed by atoms with Crippen LogP contribution in [0.1, 0.15) is 46.1 Å². The van der Waals surface area contributed by atoms with Crippen LogP contribution in [0.25, 0.3) is 0 Å². The van der Waals surface area contributed by atoms with Crippen molar-refractivity contribution in [3.8, 4) is 0 Å². The molecule has 0 saturated carbocycles. The smallest absolute Gasteiger partial charge is 0.0733 e. The van der Waals surface area contributed by atoms with Gasteiger partial charge in [0.25, 0.3) is 0 Å². The van der Waals surface area contributed by atoms with Gasteiger partial charge in [0.05, 0.1) is 6.61 Å². The largest absolute Gasteiger partial charge is 0.382 e. The number of hydrogen-bond acceptors (Lipinski definition) is 2. The number of para-hydroxylation sites is 1. The Morgan fingerprint density at radius 2 is 1.58 bits per heavy atom. The zero-order chi connectivity index (χ0) is 14.3. The highest BCUT2D eigenvalue weighted by atomic mass is 16.5. The highest BCUT2D eigenvalue weighted by Gasteiger charge is 2.14. The molecule has 1 N–H and O–H groups in total. The van der Waals surface area contributed by atoms with Gasteiger partial charge in [-0.3, -0.25) is 0 Å². The fraction of sp³-hybridized carbons (Fsp3) is 0.647. The average Bonchev–Trinajstić information content (AvgIpc) is 2.30. The van der Waals surface area contributed by atoms with Crippen molar-refractivity contribution in [3.05, 3.63) is 29.8 Å². The predicted octanol–water partition coefficient (Wildman–Crippen LogP) is 4.71. The third-order valence-electron chi connectivity index (χ3n) is 3.19. The van der Waals surface area contributed by atoms with Gasteiger partial charge in [-0.2, -0.15) is 0 Å². The Balaban J connectivity index is 2.76. The molecule has 108 valence electrons. The molecule has 0 spiro atoms. The van der Waals surface area contributed by atoms with Crippen molar-refractivity contribution in [3.63, 3.8) is 0 Å². The summed E-state index contributed by atoms with van der Waals surface area (Å²) in [6, 6.07) is 8.98. The second-order valence-electron chi connectivity index (χ2n) is 6.19. The van der Waals surface area contributed by atoms with E-state index in [4.69, 9.17) is 4.74 Å². The fourth-order valence-corrected chi connectivity index (χ4v) is 2.51. The standard InChI is InChI=1S/C17H29NO/c1-13(2)10-16(11-14(3)4)18-17-9-7-6-8-15(17)12-19-5/h6-9,13-14,16,18H,10-12H2,1-5H3. The molecule has 0 heterocycles. The maximum Gasteiger partial charge on any atom is 0.0733 e. The lowest BCUT2D eigenvalue weighted by molar-refractivity contribution is 0.185. The summed E-state index contributed by atoms with van der Waals surface area (Å²) in [7, 11) is 1.75. The van der Waals surface area contributed by atoms with Crippen LogP contribution >= 0.6 is 0 Å². The summed E-state index contributed by atoms with van der Waals surface area (Å²) in [5, 5.41) is 3.72. The second kappa shape index (κ2) is 8.21. The van der Waals surface area contributed by atoms with Gasteiger partial charge in [-0.05, 0) is 30.7 Å². The lowest BCUT2D eigenvalue weighted by Gasteiger charge is -2.25. The van der Waals surface area contributed by atoms with Gasteiger partial charge < -0.3 is 10.1 Å². The Labute approximate surface area is 118 Å². The Hall–Kier alpha value is -1.02. The molecule has 0 aromatic heterocycles. The first-order chi connectivity index (χ1) is 9.02. The second-order valence-corrected chi connectivity index (χ2v) is 6.19. The van der Waals surface area contributed by atoms with Gasteiger partial charge in [-0.25, -0.2) is 0 Å². The van der Waals surface area contributed by atoms with Crippen molar-refractivity contribution in [1.82, 2.24) is 0 Å². The van der Waals surface area contributed by atoms with E-state index in [-0.39, 0.29) is 0 Å². The third kappa shape index (κ3) is 6.11. The number of ether oxygens (including phenoxy) is 1. The minimum absolute atomic E-state index is 0.540. The van der Waals surface area contributed by atoms with Crippen LogP contribution in [0.15, 0.2) is 24.3 Å². The van der Waals surface area contributed by atoms with Crippen LogP contribution in [0.3, 0.4) is 0 Å². The molecular weight excluding hydrogens is 234 g/mol. The fourth-order valence-electron chi connectivity index (χ4n) is 2.51. The van der Waals surface area contributed by atoms with Gasteiger partial charge in [0, 0.05) is 24.4 Å². The van der Waals surface area contributed by atoms with Crippen molar-refractivity contribution in [2.75, 3.05) is 12.4 Å². The molecule has 0 aliphatic heterocycles. The minimum Gasteiger partial charge on any atom is -0.382 e. The number of rotatable bonds is 8. The van der Waals surface area contributed by atoms with E-state index in [1.807, 2.05) is 0 Å². The van der Waals surface area contributed by atoms with E-state index in [0.717, 1.165) is 0 Å². The molecule has 1 aromatic carbocycles. The normalized spacial score (nSPS) is 11.6. The van der Waals surface area contributed by atoms with Crippen molar-refractivity contribution >= 4 is 5.69 Å². The van der Waals surface area contributed by atoms with E-state index >= 15 is 0 Å². The van der Waals surface area contributed by atoms with Gasteiger partial charge in [0.15, 0.2) is 0 Å². The highest BCUT2D eigenvalue weighted by molar-refractivity contribution is 5.51. The predicted molar refractivity (Wildman–Crippen MR) is 83.5 cm³/mol. The maximum absolute atomic E-state index is 5.27. The Kier molecular flexibility index (Phi) is 6.93. The van der Waals surface area contributed by atoms with E-state index in [0.29, 0.717) is 24.5 Å². The SMILES string of the molecule is COCc1ccccc1NC(CC(C)C)CC(C)C. The molecule has 1 aromatic rings. The zero-order valence-electron chi connectivity index (χ0n) is 13.1. The van der Waals surface area contributed by atoms with Crippen LogP contribution in [-0.2, 0) is 11.3 Å². The first-order valence-corrected chi connectivity index (χ1v) is 7.36. The summed E-state index contributed by atoms with van der Waals surface area (Å²) >= 11 is 0. The van der Waals surface area contributed by atoms with Crippen LogP contribution in [0.5, 0.6) is 0 Å². The van der Waals surface area contributed by atoms with Crippen LogP contribution in [-0.4, -0.2) is 13.2 Å². The van der Waals surface area contributed by atoms with Crippen molar-refractivity contribution < 1.29 is 4.74 Å². The van der Waals surface area contributed by atoms with Crippen molar-refractivity contribution in [1.29, 1.82) is 0 Å². The van der Waals surface area contributed by atoms with E-state index in [1.165, 1.54) is 24.1 Å².